The highest BCUT2D eigenvalue weighted by molar-refractivity contribution is 5.36. The SMILES string of the molecule is CC(C)N1CCC(Oc2ccc(N)cn2)CC1.CC(C)N1CCC(Oc2ccc([N+](=O)[O-])cn2)CC1.CO. The smallest absolute Gasteiger partial charge is 0.287 e. The Hall–Kier alpha value is -3.02. The van der Waals surface area contributed by atoms with E-state index in [0.29, 0.717) is 35.6 Å². The van der Waals surface area contributed by atoms with Crippen molar-refractivity contribution in [1.82, 2.24) is 19.8 Å². The highest BCUT2D eigenvalue weighted by Gasteiger charge is 2.23. The van der Waals surface area contributed by atoms with E-state index >= 15 is 0 Å². The van der Waals surface area contributed by atoms with Crippen LogP contribution in [0, 0.1) is 10.1 Å². The van der Waals surface area contributed by atoms with Crippen LogP contribution >= 0.6 is 0 Å². The van der Waals surface area contributed by atoms with E-state index in [0.717, 1.165) is 59.0 Å². The molecule has 0 aromatic carbocycles. The van der Waals surface area contributed by atoms with Gasteiger partial charge in [-0.25, -0.2) is 9.97 Å². The number of aliphatic hydroxyl groups excluding tert-OH is 1. The minimum atomic E-state index is -0.460. The van der Waals surface area contributed by atoms with Crippen LogP contribution in [0.5, 0.6) is 11.8 Å². The predicted molar refractivity (Wildman–Crippen MR) is 148 cm³/mol. The molecule has 0 saturated carbocycles. The maximum absolute atomic E-state index is 10.5. The summed E-state index contributed by atoms with van der Waals surface area (Å²) in [6, 6.07) is 7.85. The molecule has 11 nitrogen and oxygen atoms in total. The Kier molecular flexibility index (Phi) is 13.2. The van der Waals surface area contributed by atoms with Crippen LogP contribution in [0.15, 0.2) is 36.7 Å². The molecule has 3 N–H and O–H groups in total. The second-order valence-corrected chi connectivity index (χ2v) is 9.94. The molecular formula is C27H44N6O5. The first-order valence-corrected chi connectivity index (χ1v) is 13.3. The summed E-state index contributed by atoms with van der Waals surface area (Å²) in [5.41, 5.74) is 6.25. The van der Waals surface area contributed by atoms with E-state index in [1.165, 1.54) is 12.3 Å². The second-order valence-electron chi connectivity index (χ2n) is 9.94. The fourth-order valence-electron chi connectivity index (χ4n) is 4.37. The topological polar surface area (TPSA) is 140 Å². The number of rotatable bonds is 7. The molecule has 38 heavy (non-hydrogen) atoms. The molecule has 2 fully saturated rings. The Balaban J connectivity index is 0.000000252. The van der Waals surface area contributed by atoms with E-state index in [1.54, 1.807) is 12.3 Å². The number of hydrogen-bond donors (Lipinski definition) is 2. The van der Waals surface area contributed by atoms with Gasteiger partial charge in [-0.1, -0.05) is 0 Å². The first kappa shape index (κ1) is 31.2. The molecule has 0 spiro atoms. The predicted octanol–water partition coefficient (Wildman–Crippen LogP) is 3.77. The largest absolute Gasteiger partial charge is 0.474 e. The first-order valence-electron chi connectivity index (χ1n) is 13.3. The Morgan fingerprint density at radius 1 is 0.842 bits per heavy atom. The number of nitrogens with two attached hydrogens (primary N) is 1. The van der Waals surface area contributed by atoms with Gasteiger partial charge in [-0.2, -0.15) is 0 Å². The molecule has 2 aliphatic heterocycles. The number of aromatic nitrogens is 2. The molecular weight excluding hydrogens is 488 g/mol. The van der Waals surface area contributed by atoms with Crippen molar-refractivity contribution >= 4 is 11.4 Å². The average molecular weight is 533 g/mol. The standard InChI is InChI=1S/C13H19N3O3.C13H21N3O.CH4O/c1-10(2)15-7-5-12(6-8-15)19-13-4-3-11(9-14-13)16(17)18;1-10(2)16-7-5-12(6-8-16)17-13-4-3-11(14)9-15-13;1-2/h3-4,9-10,12H,5-8H2,1-2H3;3-4,9-10,12H,5-8,14H2,1-2H3;2H,1H3. The van der Waals surface area contributed by atoms with Gasteiger partial charge >= 0.3 is 0 Å². The Morgan fingerprint density at radius 2 is 1.26 bits per heavy atom. The number of nitrogen functional groups attached to an aromatic ring is 1. The molecule has 212 valence electrons. The summed E-state index contributed by atoms with van der Waals surface area (Å²) >= 11 is 0. The molecule has 4 heterocycles. The van der Waals surface area contributed by atoms with Crippen LogP contribution < -0.4 is 15.2 Å². The van der Waals surface area contributed by atoms with Gasteiger partial charge < -0.3 is 30.1 Å². The van der Waals surface area contributed by atoms with Crippen molar-refractivity contribution in [2.45, 2.75) is 77.7 Å². The maximum atomic E-state index is 10.5. The number of hydrogen-bond acceptors (Lipinski definition) is 10. The third kappa shape index (κ3) is 10.4. The molecule has 2 aromatic rings. The van der Waals surface area contributed by atoms with Gasteiger partial charge in [-0.15, -0.1) is 0 Å². The Bertz CT molecular complexity index is 926. The molecule has 11 heteroatoms. The molecule has 0 radical (unpaired) electrons. The molecule has 0 aliphatic carbocycles. The second kappa shape index (κ2) is 16.1. The van der Waals surface area contributed by atoms with E-state index in [1.807, 2.05) is 12.1 Å². The fourth-order valence-corrected chi connectivity index (χ4v) is 4.37. The third-order valence-corrected chi connectivity index (χ3v) is 6.68. The average Bonchev–Trinajstić information content (AvgIpc) is 2.92. The number of aliphatic hydroxyl groups is 1. The molecule has 0 atom stereocenters. The zero-order chi connectivity index (χ0) is 28.1. The summed E-state index contributed by atoms with van der Waals surface area (Å²) in [6.45, 7) is 13.1. The number of nitrogens with zero attached hydrogens (tertiary/aromatic N) is 5. The van der Waals surface area contributed by atoms with Crippen molar-refractivity contribution in [3.05, 3.63) is 46.8 Å². The van der Waals surface area contributed by atoms with Gasteiger partial charge in [0, 0.05) is 63.6 Å². The van der Waals surface area contributed by atoms with E-state index in [4.69, 9.17) is 20.3 Å². The third-order valence-electron chi connectivity index (χ3n) is 6.68. The minimum Gasteiger partial charge on any atom is -0.474 e. The quantitative estimate of drug-likeness (QED) is 0.400. The first-order chi connectivity index (χ1) is 18.2. The summed E-state index contributed by atoms with van der Waals surface area (Å²) in [6.07, 6.45) is 7.41. The van der Waals surface area contributed by atoms with Crippen LogP contribution in [0.2, 0.25) is 0 Å². The normalized spacial score (nSPS) is 17.3. The number of anilines is 1. The van der Waals surface area contributed by atoms with Crippen LogP contribution in [0.4, 0.5) is 11.4 Å². The zero-order valence-corrected chi connectivity index (χ0v) is 23.3. The van der Waals surface area contributed by atoms with E-state index in [9.17, 15) is 10.1 Å². The molecule has 0 amide bonds. The zero-order valence-electron chi connectivity index (χ0n) is 23.3. The Labute approximate surface area is 226 Å². The summed E-state index contributed by atoms with van der Waals surface area (Å²) in [4.78, 5) is 23.1. The highest BCUT2D eigenvalue weighted by Crippen LogP contribution is 2.21. The molecule has 4 rings (SSSR count). The number of pyridine rings is 2. The number of likely N-dealkylation sites (tertiary alicyclic amines) is 2. The van der Waals surface area contributed by atoms with E-state index in [2.05, 4.69) is 47.5 Å². The van der Waals surface area contributed by atoms with Crippen molar-refractivity contribution in [1.29, 1.82) is 0 Å². The van der Waals surface area contributed by atoms with Crippen LogP contribution in [-0.4, -0.2) is 87.4 Å². The van der Waals surface area contributed by atoms with Gasteiger partial charge in [0.05, 0.1) is 16.8 Å². The van der Waals surface area contributed by atoms with Gasteiger partial charge in [0.1, 0.15) is 18.4 Å². The lowest BCUT2D eigenvalue weighted by Gasteiger charge is -2.34. The summed E-state index contributed by atoms with van der Waals surface area (Å²) < 4.78 is 11.6. The molecule has 2 saturated heterocycles. The molecule has 2 aliphatic rings. The Morgan fingerprint density at radius 3 is 1.58 bits per heavy atom. The minimum absolute atomic E-state index is 0.0121. The van der Waals surface area contributed by atoms with Crippen LogP contribution in [-0.2, 0) is 0 Å². The van der Waals surface area contributed by atoms with Gasteiger partial charge in [0.25, 0.3) is 5.69 Å². The summed E-state index contributed by atoms with van der Waals surface area (Å²) in [5, 5.41) is 17.5. The van der Waals surface area contributed by atoms with Crippen molar-refractivity contribution in [2.75, 3.05) is 39.0 Å². The lowest BCUT2D eigenvalue weighted by Crippen LogP contribution is -2.41. The van der Waals surface area contributed by atoms with Gasteiger partial charge in [0.15, 0.2) is 0 Å². The van der Waals surface area contributed by atoms with Gasteiger partial charge in [-0.3, -0.25) is 10.1 Å². The van der Waals surface area contributed by atoms with Crippen molar-refractivity contribution in [2.24, 2.45) is 0 Å². The molecule has 0 unspecified atom stereocenters. The lowest BCUT2D eigenvalue weighted by molar-refractivity contribution is -0.385. The van der Waals surface area contributed by atoms with Crippen molar-refractivity contribution < 1.29 is 19.5 Å². The van der Waals surface area contributed by atoms with Crippen LogP contribution in [0.1, 0.15) is 53.4 Å². The van der Waals surface area contributed by atoms with Crippen LogP contribution in [0.3, 0.4) is 0 Å². The summed E-state index contributed by atoms with van der Waals surface area (Å²) in [7, 11) is 1.00. The molecule has 2 aromatic heterocycles. The number of nitro groups is 1. The van der Waals surface area contributed by atoms with Crippen molar-refractivity contribution in [3.8, 4) is 11.8 Å². The number of piperidine rings is 2. The lowest BCUT2D eigenvalue weighted by atomic mass is 10.1. The van der Waals surface area contributed by atoms with E-state index in [-0.39, 0.29) is 11.8 Å². The van der Waals surface area contributed by atoms with E-state index < -0.39 is 4.92 Å². The van der Waals surface area contributed by atoms with Crippen molar-refractivity contribution in [3.63, 3.8) is 0 Å². The highest BCUT2D eigenvalue weighted by atomic mass is 16.6. The number of ether oxygens (including phenoxy) is 2. The molecule has 0 bridgehead atoms. The fraction of sp³-hybridized carbons (Fsp3) is 0.630. The maximum Gasteiger partial charge on any atom is 0.287 e. The van der Waals surface area contributed by atoms with Crippen LogP contribution in [0.25, 0.3) is 0 Å². The monoisotopic (exact) mass is 532 g/mol. The van der Waals surface area contributed by atoms with Gasteiger partial charge in [0.2, 0.25) is 11.8 Å². The van der Waals surface area contributed by atoms with Gasteiger partial charge in [-0.05, 0) is 59.4 Å². The summed E-state index contributed by atoms with van der Waals surface area (Å²) in [5.74, 6) is 1.15.